The molecule has 3 rings (SSSR count). The van der Waals surface area contributed by atoms with E-state index in [1.807, 2.05) is 12.1 Å². The fraction of sp³-hybridized carbons (Fsp3) is 0.304. The van der Waals surface area contributed by atoms with E-state index in [1.54, 1.807) is 4.57 Å². The number of thiazole rings is 1. The van der Waals surface area contributed by atoms with Crippen molar-refractivity contribution in [3.8, 4) is 0 Å². The van der Waals surface area contributed by atoms with Crippen LogP contribution in [0, 0.1) is 0 Å². The van der Waals surface area contributed by atoms with Gasteiger partial charge in [-0.15, -0.1) is 0 Å². The van der Waals surface area contributed by atoms with E-state index in [2.05, 4.69) is 22.7 Å². The third-order valence-corrected chi connectivity index (χ3v) is 5.87. The van der Waals surface area contributed by atoms with Crippen LogP contribution in [0.25, 0.3) is 10.2 Å². The lowest BCUT2D eigenvalue weighted by molar-refractivity contribution is -0.141. The van der Waals surface area contributed by atoms with Gasteiger partial charge in [-0.05, 0) is 54.8 Å². The van der Waals surface area contributed by atoms with Crippen molar-refractivity contribution >= 4 is 39.4 Å². The fourth-order valence-corrected chi connectivity index (χ4v) is 4.20. The van der Waals surface area contributed by atoms with Crippen LogP contribution >= 0.6 is 11.3 Å². The number of unbranched alkanes of at least 4 members (excludes halogenated alkanes) is 1. The Morgan fingerprint density at radius 3 is 2.35 bits per heavy atom. The molecule has 31 heavy (non-hydrogen) atoms. The van der Waals surface area contributed by atoms with E-state index in [0.29, 0.717) is 15.9 Å². The van der Waals surface area contributed by atoms with Gasteiger partial charge in [-0.2, -0.15) is 4.99 Å². The van der Waals surface area contributed by atoms with E-state index < -0.39 is 17.8 Å². The van der Waals surface area contributed by atoms with Gasteiger partial charge in [0.05, 0.1) is 30.0 Å². The predicted molar refractivity (Wildman–Crippen MR) is 118 cm³/mol. The highest BCUT2D eigenvalue weighted by atomic mass is 32.1. The molecule has 0 bridgehead atoms. The summed E-state index contributed by atoms with van der Waals surface area (Å²) >= 11 is 1.35. The third kappa shape index (κ3) is 5.27. The van der Waals surface area contributed by atoms with Crippen LogP contribution in [0.4, 0.5) is 0 Å². The summed E-state index contributed by atoms with van der Waals surface area (Å²) in [6.07, 6.45) is 3.17. The molecule has 1 amide bonds. The number of carbonyl (C=O) groups excluding carboxylic acids is 3. The minimum Gasteiger partial charge on any atom is -0.468 e. The van der Waals surface area contributed by atoms with Crippen LogP contribution in [0.15, 0.2) is 47.5 Å². The van der Waals surface area contributed by atoms with Crippen LogP contribution in [0.1, 0.15) is 46.0 Å². The van der Waals surface area contributed by atoms with Gasteiger partial charge in [0.1, 0.15) is 6.54 Å². The summed E-state index contributed by atoms with van der Waals surface area (Å²) in [7, 11) is 2.62. The van der Waals surface area contributed by atoms with Crippen LogP contribution in [0.3, 0.4) is 0 Å². The number of aromatic nitrogens is 1. The fourth-order valence-electron chi connectivity index (χ4n) is 3.10. The number of aryl methyl sites for hydroxylation is 1. The molecule has 0 aliphatic heterocycles. The minimum absolute atomic E-state index is 0.0435. The number of rotatable bonds is 7. The lowest BCUT2D eigenvalue weighted by Gasteiger charge is -2.05. The van der Waals surface area contributed by atoms with Gasteiger partial charge in [0, 0.05) is 5.56 Å². The molecular formula is C23H24N2O5S. The van der Waals surface area contributed by atoms with Gasteiger partial charge in [-0.1, -0.05) is 30.7 Å². The van der Waals surface area contributed by atoms with Crippen LogP contribution in [-0.2, 0) is 27.2 Å². The maximum Gasteiger partial charge on any atom is 0.337 e. The highest BCUT2D eigenvalue weighted by Crippen LogP contribution is 2.21. The molecule has 1 heterocycles. The number of nitrogens with zero attached hydrogens (tertiary/aromatic N) is 2. The van der Waals surface area contributed by atoms with Crippen molar-refractivity contribution in [2.45, 2.75) is 32.7 Å². The van der Waals surface area contributed by atoms with Crippen molar-refractivity contribution in [1.29, 1.82) is 0 Å². The molecule has 1 aromatic heterocycles. The molecule has 3 aromatic rings. The molecule has 162 valence electrons. The van der Waals surface area contributed by atoms with Gasteiger partial charge in [0.15, 0.2) is 4.80 Å². The Hall–Kier alpha value is -3.26. The van der Waals surface area contributed by atoms with Crippen molar-refractivity contribution < 1.29 is 23.9 Å². The molecule has 2 aromatic carbocycles. The van der Waals surface area contributed by atoms with E-state index >= 15 is 0 Å². The molecule has 0 unspecified atom stereocenters. The van der Waals surface area contributed by atoms with Crippen LogP contribution < -0.4 is 4.80 Å². The minimum atomic E-state index is -0.477. The maximum absolute atomic E-state index is 12.8. The Morgan fingerprint density at radius 1 is 1.00 bits per heavy atom. The van der Waals surface area contributed by atoms with Gasteiger partial charge in [0.2, 0.25) is 0 Å². The standard InChI is InChI=1S/C23H24N2O5S/c1-4-5-6-15-7-12-18-19(13-15)31-23(25(18)14-20(26)29-2)24-21(27)16-8-10-17(11-9-16)22(28)30-3/h7-13H,4-6,14H2,1-3H3. The smallest absolute Gasteiger partial charge is 0.337 e. The second kappa shape index (κ2) is 10.2. The first kappa shape index (κ1) is 22.4. The van der Waals surface area contributed by atoms with Gasteiger partial charge in [-0.25, -0.2) is 4.79 Å². The number of amides is 1. The number of hydrogen-bond acceptors (Lipinski definition) is 6. The predicted octanol–water partition coefficient (Wildman–Crippen LogP) is 3.75. The van der Waals surface area contributed by atoms with Crippen molar-refractivity contribution in [2.75, 3.05) is 14.2 Å². The summed E-state index contributed by atoms with van der Waals surface area (Å²) in [5, 5.41) is 0. The number of ether oxygens (including phenoxy) is 2. The molecule has 0 saturated carbocycles. The number of fused-ring (bicyclic) bond motifs is 1. The quantitative estimate of drug-likeness (QED) is 0.522. The molecule has 0 radical (unpaired) electrons. The second-order valence-corrected chi connectivity index (χ2v) is 7.95. The molecule has 0 spiro atoms. The Balaban J connectivity index is 2.02. The highest BCUT2D eigenvalue weighted by molar-refractivity contribution is 7.16. The summed E-state index contributed by atoms with van der Waals surface area (Å²) in [4.78, 5) is 41.0. The van der Waals surface area contributed by atoms with E-state index in [1.165, 1.54) is 55.4 Å². The largest absolute Gasteiger partial charge is 0.468 e. The number of carbonyl (C=O) groups is 3. The molecule has 0 aliphatic rings. The Labute approximate surface area is 183 Å². The van der Waals surface area contributed by atoms with Gasteiger partial charge < -0.3 is 14.0 Å². The maximum atomic E-state index is 12.8. The van der Waals surface area contributed by atoms with E-state index in [9.17, 15) is 14.4 Å². The monoisotopic (exact) mass is 440 g/mol. The molecule has 8 heteroatoms. The summed E-state index contributed by atoms with van der Waals surface area (Å²) in [5.41, 5.74) is 2.71. The summed E-state index contributed by atoms with van der Waals surface area (Å²) < 4.78 is 12.1. The molecule has 0 N–H and O–H groups in total. The SMILES string of the molecule is CCCCc1ccc2c(c1)sc(=NC(=O)c1ccc(C(=O)OC)cc1)n2CC(=O)OC. The molecule has 0 atom stereocenters. The van der Waals surface area contributed by atoms with E-state index in [0.717, 1.165) is 29.5 Å². The average Bonchev–Trinajstić information content (AvgIpc) is 3.12. The Morgan fingerprint density at radius 2 is 1.71 bits per heavy atom. The van der Waals surface area contributed by atoms with E-state index in [-0.39, 0.29) is 6.54 Å². The topological polar surface area (TPSA) is 87.0 Å². The van der Waals surface area contributed by atoms with Crippen molar-refractivity contribution in [1.82, 2.24) is 4.57 Å². The van der Waals surface area contributed by atoms with Crippen molar-refractivity contribution in [2.24, 2.45) is 4.99 Å². The molecular weight excluding hydrogens is 416 g/mol. The summed E-state index contributed by atoms with van der Waals surface area (Å²) in [6, 6.07) is 12.2. The Bertz CT molecular complexity index is 1170. The van der Waals surface area contributed by atoms with Gasteiger partial charge >= 0.3 is 11.9 Å². The molecule has 0 fully saturated rings. The number of esters is 2. The van der Waals surface area contributed by atoms with Crippen molar-refractivity contribution in [3.63, 3.8) is 0 Å². The number of methoxy groups -OCH3 is 2. The first-order valence-corrected chi connectivity index (χ1v) is 10.7. The van der Waals surface area contributed by atoms with E-state index in [4.69, 9.17) is 4.74 Å². The lowest BCUT2D eigenvalue weighted by atomic mass is 10.1. The van der Waals surface area contributed by atoms with Crippen LogP contribution in [-0.4, -0.2) is 36.6 Å². The average molecular weight is 441 g/mol. The first-order valence-electron chi connectivity index (χ1n) is 9.93. The second-order valence-electron chi connectivity index (χ2n) is 6.94. The van der Waals surface area contributed by atoms with Gasteiger partial charge in [-0.3, -0.25) is 9.59 Å². The zero-order chi connectivity index (χ0) is 22.4. The summed E-state index contributed by atoms with van der Waals surface area (Å²) in [6.45, 7) is 2.10. The normalized spacial score (nSPS) is 11.5. The third-order valence-electron chi connectivity index (χ3n) is 4.83. The zero-order valence-corrected chi connectivity index (χ0v) is 18.5. The van der Waals surface area contributed by atoms with Crippen LogP contribution in [0.2, 0.25) is 0 Å². The summed E-state index contributed by atoms with van der Waals surface area (Å²) in [5.74, 6) is -1.37. The Kier molecular flexibility index (Phi) is 7.36. The first-order chi connectivity index (χ1) is 15.0. The highest BCUT2D eigenvalue weighted by Gasteiger charge is 2.14. The lowest BCUT2D eigenvalue weighted by Crippen LogP contribution is -2.22. The molecule has 0 saturated heterocycles. The van der Waals surface area contributed by atoms with Gasteiger partial charge in [0.25, 0.3) is 5.91 Å². The molecule has 0 aliphatic carbocycles. The number of benzene rings is 2. The van der Waals surface area contributed by atoms with Crippen molar-refractivity contribution in [3.05, 3.63) is 64.0 Å². The zero-order valence-electron chi connectivity index (χ0n) is 17.7. The van der Waals surface area contributed by atoms with Crippen LogP contribution in [0.5, 0.6) is 0 Å². The number of hydrogen-bond donors (Lipinski definition) is 0. The molecule has 7 nitrogen and oxygen atoms in total.